The lowest BCUT2D eigenvalue weighted by molar-refractivity contribution is 0.0271. The number of urea groups is 1. The first kappa shape index (κ1) is 10.3. The SMILES string of the molecule is CONC(=O)N1CCC(C)C(O)C1. The minimum atomic E-state index is -0.420. The van der Waals surface area contributed by atoms with Crippen molar-refractivity contribution in [3.63, 3.8) is 0 Å². The largest absolute Gasteiger partial charge is 0.391 e. The molecule has 1 heterocycles. The molecule has 5 nitrogen and oxygen atoms in total. The van der Waals surface area contributed by atoms with E-state index in [0.717, 1.165) is 6.42 Å². The minimum absolute atomic E-state index is 0.270. The van der Waals surface area contributed by atoms with E-state index in [1.165, 1.54) is 7.11 Å². The highest BCUT2D eigenvalue weighted by atomic mass is 16.6. The van der Waals surface area contributed by atoms with Gasteiger partial charge in [0, 0.05) is 13.1 Å². The first-order valence-electron chi connectivity index (χ1n) is 4.41. The fourth-order valence-electron chi connectivity index (χ4n) is 1.39. The zero-order valence-corrected chi connectivity index (χ0v) is 7.99. The highest BCUT2D eigenvalue weighted by Gasteiger charge is 2.26. The molecular weight excluding hydrogens is 172 g/mol. The van der Waals surface area contributed by atoms with Crippen molar-refractivity contribution < 1.29 is 14.7 Å². The van der Waals surface area contributed by atoms with Crippen LogP contribution in [0.1, 0.15) is 13.3 Å². The third-order valence-corrected chi connectivity index (χ3v) is 2.40. The Morgan fingerprint density at radius 3 is 2.92 bits per heavy atom. The lowest BCUT2D eigenvalue weighted by Crippen LogP contribution is -2.49. The zero-order valence-electron chi connectivity index (χ0n) is 7.99. The topological polar surface area (TPSA) is 61.8 Å². The summed E-state index contributed by atoms with van der Waals surface area (Å²) in [5.74, 6) is 0.270. The van der Waals surface area contributed by atoms with E-state index >= 15 is 0 Å². The Bertz CT molecular complexity index is 186. The number of rotatable bonds is 1. The molecule has 2 amide bonds. The van der Waals surface area contributed by atoms with Gasteiger partial charge < -0.3 is 10.0 Å². The fraction of sp³-hybridized carbons (Fsp3) is 0.875. The summed E-state index contributed by atoms with van der Waals surface area (Å²) < 4.78 is 0. The van der Waals surface area contributed by atoms with Crippen LogP contribution in [0, 0.1) is 5.92 Å². The van der Waals surface area contributed by atoms with Crippen molar-refractivity contribution in [2.24, 2.45) is 5.92 Å². The molecule has 0 spiro atoms. The Balaban J connectivity index is 2.40. The molecule has 0 radical (unpaired) electrons. The van der Waals surface area contributed by atoms with Gasteiger partial charge in [-0.1, -0.05) is 6.92 Å². The van der Waals surface area contributed by atoms with Crippen LogP contribution in [0.5, 0.6) is 0 Å². The van der Waals surface area contributed by atoms with E-state index in [1.54, 1.807) is 4.90 Å². The van der Waals surface area contributed by atoms with E-state index in [4.69, 9.17) is 0 Å². The summed E-state index contributed by atoms with van der Waals surface area (Å²) in [6.45, 7) is 3.04. The summed E-state index contributed by atoms with van der Waals surface area (Å²) >= 11 is 0. The maximum atomic E-state index is 11.2. The Morgan fingerprint density at radius 1 is 1.69 bits per heavy atom. The molecule has 0 saturated carbocycles. The third kappa shape index (κ3) is 2.57. The number of hydroxylamine groups is 1. The van der Waals surface area contributed by atoms with E-state index in [0.29, 0.717) is 13.1 Å². The second kappa shape index (κ2) is 4.43. The summed E-state index contributed by atoms with van der Waals surface area (Å²) in [6, 6.07) is -0.284. The smallest absolute Gasteiger partial charge is 0.341 e. The lowest BCUT2D eigenvalue weighted by atomic mass is 9.96. The number of nitrogens with one attached hydrogen (secondary N) is 1. The van der Waals surface area contributed by atoms with Crippen molar-refractivity contribution in [3.05, 3.63) is 0 Å². The molecule has 0 aliphatic carbocycles. The molecule has 2 atom stereocenters. The van der Waals surface area contributed by atoms with Crippen LogP contribution in [0.15, 0.2) is 0 Å². The summed E-state index contributed by atoms with van der Waals surface area (Å²) in [6.07, 6.45) is 0.412. The first-order chi connectivity index (χ1) is 6.15. The van der Waals surface area contributed by atoms with E-state index in [2.05, 4.69) is 10.3 Å². The van der Waals surface area contributed by atoms with Crippen molar-refractivity contribution in [1.82, 2.24) is 10.4 Å². The molecule has 1 aliphatic heterocycles. The van der Waals surface area contributed by atoms with E-state index in [-0.39, 0.29) is 11.9 Å². The van der Waals surface area contributed by atoms with Gasteiger partial charge in [0.05, 0.1) is 13.2 Å². The number of hydrogen-bond acceptors (Lipinski definition) is 3. The standard InChI is InChI=1S/C8H16N2O3/c1-6-3-4-10(5-7(6)11)8(12)9-13-2/h6-7,11H,3-5H2,1-2H3,(H,9,12). The number of nitrogens with zero attached hydrogens (tertiary/aromatic N) is 1. The van der Waals surface area contributed by atoms with Gasteiger partial charge in [0.2, 0.25) is 0 Å². The molecule has 0 aromatic heterocycles. The number of amides is 2. The van der Waals surface area contributed by atoms with Gasteiger partial charge >= 0.3 is 6.03 Å². The molecule has 0 aromatic rings. The average molecular weight is 188 g/mol. The fourth-order valence-corrected chi connectivity index (χ4v) is 1.39. The van der Waals surface area contributed by atoms with Gasteiger partial charge in [0.15, 0.2) is 0 Å². The molecule has 1 aliphatic rings. The molecule has 5 heteroatoms. The van der Waals surface area contributed by atoms with Gasteiger partial charge in [0.25, 0.3) is 0 Å². The molecule has 1 fully saturated rings. The van der Waals surface area contributed by atoms with Gasteiger partial charge in [-0.15, -0.1) is 0 Å². The van der Waals surface area contributed by atoms with E-state index in [1.807, 2.05) is 6.92 Å². The molecule has 2 unspecified atom stereocenters. The molecule has 0 aromatic carbocycles. The monoisotopic (exact) mass is 188 g/mol. The Morgan fingerprint density at radius 2 is 2.38 bits per heavy atom. The number of hydrogen-bond donors (Lipinski definition) is 2. The summed E-state index contributed by atoms with van der Waals surface area (Å²) in [5, 5.41) is 9.50. The number of β-amino-alcohol motifs (C(OH)–C–C–N with tert-alkyl or cyclic N) is 1. The number of carbonyl (C=O) groups excluding carboxylic acids is 1. The molecular formula is C8H16N2O3. The van der Waals surface area contributed by atoms with Crippen LogP contribution in [0.3, 0.4) is 0 Å². The second-order valence-corrected chi connectivity index (χ2v) is 3.39. The van der Waals surface area contributed by atoms with Crippen LogP contribution in [0.4, 0.5) is 4.79 Å². The molecule has 2 N–H and O–H groups in total. The van der Waals surface area contributed by atoms with Crippen molar-refractivity contribution in [2.45, 2.75) is 19.4 Å². The van der Waals surface area contributed by atoms with Crippen LogP contribution < -0.4 is 5.48 Å². The highest BCUT2D eigenvalue weighted by molar-refractivity contribution is 5.73. The average Bonchev–Trinajstić information content (AvgIpc) is 2.10. The highest BCUT2D eigenvalue weighted by Crippen LogP contribution is 2.16. The summed E-state index contributed by atoms with van der Waals surface area (Å²) in [7, 11) is 1.39. The number of piperidine rings is 1. The van der Waals surface area contributed by atoms with E-state index in [9.17, 15) is 9.90 Å². The van der Waals surface area contributed by atoms with Gasteiger partial charge in [-0.05, 0) is 12.3 Å². The molecule has 76 valence electrons. The summed E-state index contributed by atoms with van der Waals surface area (Å²) in [4.78, 5) is 17.3. The van der Waals surface area contributed by atoms with Gasteiger partial charge in [-0.25, -0.2) is 10.3 Å². The van der Waals surface area contributed by atoms with Gasteiger partial charge in [-0.2, -0.15) is 0 Å². The Labute approximate surface area is 77.6 Å². The minimum Gasteiger partial charge on any atom is -0.391 e. The maximum Gasteiger partial charge on any atom is 0.341 e. The second-order valence-electron chi connectivity index (χ2n) is 3.39. The van der Waals surface area contributed by atoms with Crippen molar-refractivity contribution in [3.8, 4) is 0 Å². The van der Waals surface area contributed by atoms with Gasteiger partial charge in [0.1, 0.15) is 0 Å². The van der Waals surface area contributed by atoms with Crippen LogP contribution in [-0.2, 0) is 4.84 Å². The predicted molar refractivity (Wildman–Crippen MR) is 46.9 cm³/mol. The quantitative estimate of drug-likeness (QED) is 0.568. The lowest BCUT2D eigenvalue weighted by Gasteiger charge is -2.33. The molecule has 1 rings (SSSR count). The number of aliphatic hydroxyl groups is 1. The van der Waals surface area contributed by atoms with Crippen LogP contribution in [0.2, 0.25) is 0 Å². The first-order valence-corrected chi connectivity index (χ1v) is 4.41. The predicted octanol–water partition coefficient (Wildman–Crippen LogP) is -0.0399. The van der Waals surface area contributed by atoms with Gasteiger partial charge in [-0.3, -0.25) is 4.84 Å². The van der Waals surface area contributed by atoms with Crippen LogP contribution in [-0.4, -0.2) is 42.3 Å². The van der Waals surface area contributed by atoms with Crippen LogP contribution in [0.25, 0.3) is 0 Å². The summed E-state index contributed by atoms with van der Waals surface area (Å²) in [5.41, 5.74) is 2.23. The van der Waals surface area contributed by atoms with E-state index < -0.39 is 6.10 Å². The van der Waals surface area contributed by atoms with Crippen molar-refractivity contribution in [2.75, 3.05) is 20.2 Å². The zero-order chi connectivity index (χ0) is 9.84. The maximum absolute atomic E-state index is 11.2. The molecule has 13 heavy (non-hydrogen) atoms. The normalized spacial score (nSPS) is 28.7. The van der Waals surface area contributed by atoms with Crippen molar-refractivity contribution in [1.29, 1.82) is 0 Å². The number of carbonyl (C=O) groups is 1. The Kier molecular flexibility index (Phi) is 3.50. The van der Waals surface area contributed by atoms with Crippen LogP contribution >= 0.6 is 0 Å². The van der Waals surface area contributed by atoms with Crippen molar-refractivity contribution >= 4 is 6.03 Å². The Hall–Kier alpha value is -0.810. The number of likely N-dealkylation sites (tertiary alicyclic amines) is 1. The number of aliphatic hydroxyl groups excluding tert-OH is 1. The third-order valence-electron chi connectivity index (χ3n) is 2.40. The molecule has 1 saturated heterocycles. The molecule has 0 bridgehead atoms.